The van der Waals surface area contributed by atoms with E-state index in [2.05, 4.69) is 43.9 Å². The number of anilines is 1. The summed E-state index contributed by atoms with van der Waals surface area (Å²) in [6.45, 7) is 4.38. The quantitative estimate of drug-likeness (QED) is 0.451. The van der Waals surface area contributed by atoms with Crippen LogP contribution in [0, 0.1) is 6.92 Å². The molecule has 1 fully saturated rings. The molecule has 2 aromatic carbocycles. The van der Waals surface area contributed by atoms with Crippen molar-refractivity contribution in [3.05, 3.63) is 69.8 Å². The number of hydrogen-bond donors (Lipinski definition) is 0. The first-order valence-electron chi connectivity index (χ1n) is 11.9. The summed E-state index contributed by atoms with van der Waals surface area (Å²) in [5.74, 6) is -2.33. The molecule has 0 spiro atoms. The van der Waals surface area contributed by atoms with Gasteiger partial charge in [0.1, 0.15) is 0 Å². The first kappa shape index (κ1) is 27.0. The van der Waals surface area contributed by atoms with E-state index in [9.17, 15) is 22.8 Å². The number of fused-ring (bicyclic) bond motifs is 1. The van der Waals surface area contributed by atoms with Crippen molar-refractivity contribution in [2.45, 2.75) is 43.5 Å². The molecule has 1 aliphatic rings. The lowest BCUT2D eigenvalue weighted by Gasteiger charge is -2.31. The van der Waals surface area contributed by atoms with E-state index in [1.54, 1.807) is 19.1 Å². The Morgan fingerprint density at radius 3 is 2.43 bits per heavy atom. The zero-order valence-corrected chi connectivity index (χ0v) is 21.7. The van der Waals surface area contributed by atoms with Gasteiger partial charge in [0.2, 0.25) is 0 Å². The Bertz CT molecular complexity index is 1320. The van der Waals surface area contributed by atoms with Crippen LogP contribution in [-0.2, 0) is 17.1 Å². The van der Waals surface area contributed by atoms with Gasteiger partial charge in [-0.05, 0) is 62.2 Å². The van der Waals surface area contributed by atoms with Gasteiger partial charge in [0, 0.05) is 31.6 Å². The van der Waals surface area contributed by atoms with E-state index in [1.165, 1.54) is 23.4 Å². The van der Waals surface area contributed by atoms with Crippen LogP contribution >= 0.6 is 11.8 Å². The van der Waals surface area contributed by atoms with E-state index < -0.39 is 17.7 Å². The van der Waals surface area contributed by atoms with Gasteiger partial charge in [-0.25, -0.2) is 9.78 Å². The first-order chi connectivity index (χ1) is 17.5. The Balaban J connectivity index is 1.43. The highest BCUT2D eigenvalue weighted by molar-refractivity contribution is 7.99. The van der Waals surface area contributed by atoms with Crippen LogP contribution in [0.3, 0.4) is 0 Å². The van der Waals surface area contributed by atoms with E-state index in [4.69, 9.17) is 0 Å². The third-order valence-corrected chi connectivity index (χ3v) is 7.74. The largest absolute Gasteiger partial charge is 0.493 e. The van der Waals surface area contributed by atoms with E-state index in [-0.39, 0.29) is 22.2 Å². The molecular formula is C26H29F3N4O3S. The molecule has 198 valence electrons. The number of para-hydroxylation sites is 1. The Morgan fingerprint density at radius 2 is 1.81 bits per heavy atom. The second-order valence-electron chi connectivity index (χ2n) is 9.32. The van der Waals surface area contributed by atoms with Crippen LogP contribution in [0.5, 0.6) is 0 Å². The smallest absolute Gasteiger partial charge is 0.378 e. The normalized spacial score (nSPS) is 15.2. The molecule has 2 heterocycles. The van der Waals surface area contributed by atoms with Crippen LogP contribution in [0.1, 0.15) is 29.8 Å². The van der Waals surface area contributed by atoms with Gasteiger partial charge in [-0.1, -0.05) is 24.3 Å². The molecule has 1 saturated heterocycles. The van der Waals surface area contributed by atoms with Crippen LogP contribution in [-0.4, -0.2) is 59.2 Å². The molecule has 37 heavy (non-hydrogen) atoms. The monoisotopic (exact) mass is 534 g/mol. The number of likely N-dealkylation sites (tertiary alicyclic amines) is 1. The third-order valence-electron chi connectivity index (χ3n) is 6.38. The van der Waals surface area contributed by atoms with E-state index in [0.29, 0.717) is 15.8 Å². The second-order valence-corrected chi connectivity index (χ2v) is 10.6. The lowest BCUT2D eigenvalue weighted by Crippen LogP contribution is -2.40. The fraction of sp³-hybridized carbons (Fsp3) is 0.423. The zero-order chi connectivity index (χ0) is 26.7. The summed E-state index contributed by atoms with van der Waals surface area (Å²) in [5, 5.41) is 0.333. The van der Waals surface area contributed by atoms with E-state index in [1.807, 2.05) is 14.1 Å². The Hall–Kier alpha value is -3.05. The fourth-order valence-electron chi connectivity index (χ4n) is 4.28. The number of rotatable bonds is 7. The minimum absolute atomic E-state index is 0.0159. The molecule has 0 bridgehead atoms. The molecule has 4 rings (SSSR count). The number of thioether (sulfide) groups is 1. The maximum absolute atomic E-state index is 12.9. The molecule has 7 nitrogen and oxygen atoms in total. The number of aromatic nitrogens is 2. The summed E-state index contributed by atoms with van der Waals surface area (Å²) in [6.07, 6.45) is -3.45. The number of nitrogens with zero attached hydrogens (tertiary/aromatic N) is 4. The number of benzene rings is 2. The van der Waals surface area contributed by atoms with Crippen LogP contribution in [0.15, 0.2) is 47.3 Å². The van der Waals surface area contributed by atoms with Gasteiger partial charge >= 0.3 is 12.1 Å². The van der Waals surface area contributed by atoms with Gasteiger partial charge in [-0.2, -0.15) is 24.9 Å². The molecule has 0 amide bonds. The molecule has 0 N–H and O–H groups in total. The second kappa shape index (κ2) is 11.1. The number of carbonyl (C=O) groups excluding carboxylic acids is 1. The fourth-order valence-corrected chi connectivity index (χ4v) is 5.40. The van der Waals surface area contributed by atoms with Crippen molar-refractivity contribution in [2.24, 2.45) is 0 Å². The molecule has 0 saturated carbocycles. The average Bonchev–Trinajstić information content (AvgIpc) is 2.85. The topological polar surface area (TPSA) is 67.7 Å². The van der Waals surface area contributed by atoms with Crippen LogP contribution in [0.2, 0.25) is 0 Å². The highest BCUT2D eigenvalue weighted by Crippen LogP contribution is 2.28. The third kappa shape index (κ3) is 6.45. The lowest BCUT2D eigenvalue weighted by atomic mass is 10.1. The molecule has 1 aromatic heterocycles. The van der Waals surface area contributed by atoms with Crippen LogP contribution < -0.4 is 15.3 Å². The predicted molar refractivity (Wildman–Crippen MR) is 139 cm³/mol. The molecule has 0 aliphatic carbocycles. The van der Waals surface area contributed by atoms with Crippen LogP contribution in [0.25, 0.3) is 10.9 Å². The standard InChI is InChI=1S/C26H29F3N4O3S/c1-17-5-4-6-21-23(17)30-22(33(24(21)34)36-25(35)26(27,28)29)16-37-20-11-13-32(14-12-20)15-18-7-9-19(10-8-18)31(2)3/h4-10,20H,11-16H2,1-3H3. The van der Waals surface area contributed by atoms with Crippen molar-refractivity contribution in [2.75, 3.05) is 32.1 Å². The van der Waals surface area contributed by atoms with Crippen molar-refractivity contribution in [1.82, 2.24) is 14.6 Å². The van der Waals surface area contributed by atoms with E-state index >= 15 is 0 Å². The van der Waals surface area contributed by atoms with Gasteiger partial charge in [-0.15, -0.1) is 4.73 Å². The highest BCUT2D eigenvalue weighted by atomic mass is 32.2. The highest BCUT2D eigenvalue weighted by Gasteiger charge is 2.42. The summed E-state index contributed by atoms with van der Waals surface area (Å²) in [5.41, 5.74) is 2.65. The molecule has 0 unspecified atom stereocenters. The number of piperidine rings is 1. The van der Waals surface area contributed by atoms with Gasteiger partial charge in [-0.3, -0.25) is 9.69 Å². The maximum Gasteiger partial charge on any atom is 0.493 e. The predicted octanol–water partition coefficient (Wildman–Crippen LogP) is 4.19. The number of carbonyl (C=O) groups is 1. The molecular weight excluding hydrogens is 505 g/mol. The average molecular weight is 535 g/mol. The molecule has 0 radical (unpaired) electrons. The Kier molecular flexibility index (Phi) is 8.13. The number of halogens is 3. The molecule has 1 aliphatic heterocycles. The van der Waals surface area contributed by atoms with Crippen molar-refractivity contribution in [3.8, 4) is 0 Å². The van der Waals surface area contributed by atoms with Gasteiger partial charge in [0.25, 0.3) is 5.56 Å². The van der Waals surface area contributed by atoms with E-state index in [0.717, 1.165) is 38.2 Å². The summed E-state index contributed by atoms with van der Waals surface area (Å²) >= 11 is 1.51. The van der Waals surface area contributed by atoms with Gasteiger partial charge < -0.3 is 9.74 Å². The van der Waals surface area contributed by atoms with Crippen molar-refractivity contribution >= 4 is 34.3 Å². The van der Waals surface area contributed by atoms with Crippen molar-refractivity contribution in [3.63, 3.8) is 0 Å². The minimum Gasteiger partial charge on any atom is -0.378 e. The van der Waals surface area contributed by atoms with Crippen LogP contribution in [0.4, 0.5) is 18.9 Å². The molecule has 3 aromatic rings. The summed E-state index contributed by atoms with van der Waals surface area (Å²) < 4.78 is 39.0. The summed E-state index contributed by atoms with van der Waals surface area (Å²) in [6, 6.07) is 13.3. The summed E-state index contributed by atoms with van der Waals surface area (Å²) in [7, 11) is 4.01. The Labute approximate surface area is 217 Å². The first-order valence-corrected chi connectivity index (χ1v) is 13.0. The minimum atomic E-state index is -5.23. The van der Waals surface area contributed by atoms with Gasteiger partial charge in [0.05, 0.1) is 16.7 Å². The van der Waals surface area contributed by atoms with Crippen molar-refractivity contribution in [1.29, 1.82) is 0 Å². The van der Waals surface area contributed by atoms with Crippen molar-refractivity contribution < 1.29 is 22.8 Å². The summed E-state index contributed by atoms with van der Waals surface area (Å²) in [4.78, 5) is 37.8. The molecule has 0 atom stereocenters. The number of alkyl halides is 3. The molecule has 11 heteroatoms. The maximum atomic E-state index is 12.9. The Morgan fingerprint density at radius 1 is 1.14 bits per heavy atom. The zero-order valence-electron chi connectivity index (χ0n) is 20.9. The number of hydrogen-bond acceptors (Lipinski definition) is 7. The lowest BCUT2D eigenvalue weighted by molar-refractivity contribution is -0.200. The SMILES string of the molecule is Cc1cccc2c(=O)n(OC(=O)C(F)(F)F)c(CSC3CCN(Cc4ccc(N(C)C)cc4)CC3)nc12. The van der Waals surface area contributed by atoms with Gasteiger partial charge in [0.15, 0.2) is 5.82 Å². The number of aryl methyl sites for hydroxylation is 1.